The lowest BCUT2D eigenvalue weighted by Crippen LogP contribution is -2.04. The zero-order valence-electron chi connectivity index (χ0n) is 10.5. The molecular formula is C14H12FNO3. The topological polar surface area (TPSA) is 48.4 Å². The molecule has 1 aromatic heterocycles. The van der Waals surface area contributed by atoms with Gasteiger partial charge < -0.3 is 9.47 Å². The highest BCUT2D eigenvalue weighted by atomic mass is 19.1. The molecule has 1 heterocycles. The average molecular weight is 261 g/mol. The zero-order valence-corrected chi connectivity index (χ0v) is 10.5. The molecule has 0 aliphatic carbocycles. The molecule has 0 saturated carbocycles. The van der Waals surface area contributed by atoms with E-state index in [0.717, 1.165) is 5.56 Å². The number of benzene rings is 1. The molecule has 0 spiro atoms. The van der Waals surface area contributed by atoms with Gasteiger partial charge in [0, 0.05) is 12.3 Å². The molecule has 98 valence electrons. The van der Waals surface area contributed by atoms with Crippen LogP contribution in [-0.4, -0.2) is 25.2 Å². The van der Waals surface area contributed by atoms with Crippen LogP contribution in [0.4, 0.5) is 4.39 Å². The van der Waals surface area contributed by atoms with Crippen molar-refractivity contribution in [3.8, 4) is 17.0 Å². The molecule has 0 N–H and O–H groups in total. The number of nitrogens with zero attached hydrogens (tertiary/aromatic N) is 1. The second kappa shape index (κ2) is 5.48. The van der Waals surface area contributed by atoms with Crippen LogP contribution in [0.15, 0.2) is 36.5 Å². The Morgan fingerprint density at radius 3 is 2.53 bits per heavy atom. The summed E-state index contributed by atoms with van der Waals surface area (Å²) in [5.74, 6) is -0.883. The van der Waals surface area contributed by atoms with Gasteiger partial charge >= 0.3 is 5.97 Å². The summed E-state index contributed by atoms with van der Waals surface area (Å²) in [5, 5.41) is 0. The fraction of sp³-hybridized carbons (Fsp3) is 0.143. The number of carbonyl (C=O) groups excluding carboxylic acids is 1. The second-order valence-corrected chi connectivity index (χ2v) is 3.77. The quantitative estimate of drug-likeness (QED) is 0.797. The lowest BCUT2D eigenvalue weighted by Gasteiger charge is -2.06. The maximum absolute atomic E-state index is 13.8. The molecule has 0 amide bonds. The summed E-state index contributed by atoms with van der Waals surface area (Å²) in [7, 11) is 2.72. The molecule has 0 unspecified atom stereocenters. The van der Waals surface area contributed by atoms with Crippen LogP contribution in [0.3, 0.4) is 0 Å². The highest BCUT2D eigenvalue weighted by molar-refractivity contribution is 5.90. The van der Waals surface area contributed by atoms with Crippen molar-refractivity contribution in [2.45, 2.75) is 0 Å². The Hall–Kier alpha value is -2.43. The Balaban J connectivity index is 2.41. The van der Waals surface area contributed by atoms with E-state index in [9.17, 15) is 9.18 Å². The van der Waals surface area contributed by atoms with Crippen LogP contribution in [0.2, 0.25) is 0 Å². The van der Waals surface area contributed by atoms with Gasteiger partial charge in [-0.2, -0.15) is 0 Å². The highest BCUT2D eigenvalue weighted by Gasteiger charge is 2.13. The largest absolute Gasteiger partial charge is 0.481 e. The number of aromatic nitrogens is 1. The van der Waals surface area contributed by atoms with Crippen molar-refractivity contribution in [3.05, 3.63) is 47.9 Å². The van der Waals surface area contributed by atoms with Crippen molar-refractivity contribution < 1.29 is 18.7 Å². The average Bonchev–Trinajstić information content (AvgIpc) is 2.46. The predicted molar refractivity (Wildman–Crippen MR) is 67.5 cm³/mol. The number of hydrogen-bond donors (Lipinski definition) is 0. The van der Waals surface area contributed by atoms with E-state index in [1.807, 2.05) is 0 Å². The minimum absolute atomic E-state index is 0.0905. The third-order valence-electron chi connectivity index (χ3n) is 2.65. The van der Waals surface area contributed by atoms with Gasteiger partial charge in [0.25, 0.3) is 0 Å². The molecule has 0 aliphatic heterocycles. The van der Waals surface area contributed by atoms with Gasteiger partial charge in [-0.05, 0) is 29.3 Å². The van der Waals surface area contributed by atoms with Crippen LogP contribution >= 0.6 is 0 Å². The molecule has 0 atom stereocenters. The third-order valence-corrected chi connectivity index (χ3v) is 2.65. The molecule has 0 saturated heterocycles. The maximum Gasteiger partial charge on any atom is 0.340 e. The van der Waals surface area contributed by atoms with Gasteiger partial charge in [-0.15, -0.1) is 0 Å². The molecule has 4 nitrogen and oxygen atoms in total. The fourth-order valence-electron chi connectivity index (χ4n) is 1.67. The van der Waals surface area contributed by atoms with E-state index >= 15 is 0 Å². The van der Waals surface area contributed by atoms with Gasteiger partial charge in [-0.3, -0.25) is 0 Å². The van der Waals surface area contributed by atoms with E-state index in [0.29, 0.717) is 11.4 Å². The summed E-state index contributed by atoms with van der Waals surface area (Å²) in [4.78, 5) is 15.3. The Morgan fingerprint density at radius 2 is 1.89 bits per heavy atom. The van der Waals surface area contributed by atoms with Crippen molar-refractivity contribution in [2.24, 2.45) is 0 Å². The first kappa shape index (κ1) is 13.0. The monoisotopic (exact) mass is 261 g/mol. The molecule has 2 rings (SSSR count). The zero-order chi connectivity index (χ0) is 13.8. The normalized spacial score (nSPS) is 10.1. The minimum Gasteiger partial charge on any atom is -0.481 e. The molecule has 0 fully saturated rings. The second-order valence-electron chi connectivity index (χ2n) is 3.77. The number of halogens is 1. The van der Waals surface area contributed by atoms with Crippen LogP contribution in [0.5, 0.6) is 5.88 Å². The van der Waals surface area contributed by atoms with Crippen molar-refractivity contribution >= 4 is 5.97 Å². The van der Waals surface area contributed by atoms with E-state index in [1.165, 1.54) is 26.4 Å². The summed E-state index contributed by atoms with van der Waals surface area (Å²) in [6.45, 7) is 0. The number of methoxy groups -OCH3 is 2. The van der Waals surface area contributed by atoms with E-state index in [2.05, 4.69) is 9.72 Å². The van der Waals surface area contributed by atoms with Crippen LogP contribution < -0.4 is 4.74 Å². The number of pyridine rings is 1. The van der Waals surface area contributed by atoms with E-state index in [1.54, 1.807) is 24.4 Å². The molecule has 0 radical (unpaired) electrons. The fourth-order valence-corrected chi connectivity index (χ4v) is 1.67. The Bertz CT molecular complexity index is 613. The molecular weight excluding hydrogens is 249 g/mol. The SMILES string of the molecule is COC(=O)c1ccc(-c2ccnc(OC)c2)cc1F. The summed E-state index contributed by atoms with van der Waals surface area (Å²) in [6.07, 6.45) is 1.57. The standard InChI is InChI=1S/C14H12FNO3/c1-18-13-8-10(5-6-16-13)9-3-4-11(12(15)7-9)14(17)19-2/h3-8H,1-2H3. The number of carbonyl (C=O) groups is 1. The lowest BCUT2D eigenvalue weighted by atomic mass is 10.0. The summed E-state index contributed by atoms with van der Waals surface area (Å²) >= 11 is 0. The summed E-state index contributed by atoms with van der Waals surface area (Å²) in [5.41, 5.74) is 1.29. The van der Waals surface area contributed by atoms with Gasteiger partial charge in [0.05, 0.1) is 19.8 Å². The van der Waals surface area contributed by atoms with Gasteiger partial charge in [0.1, 0.15) is 5.82 Å². The van der Waals surface area contributed by atoms with Gasteiger partial charge in [0.15, 0.2) is 0 Å². The maximum atomic E-state index is 13.8. The van der Waals surface area contributed by atoms with Crippen LogP contribution in [-0.2, 0) is 4.74 Å². The van der Waals surface area contributed by atoms with E-state index in [4.69, 9.17) is 4.74 Å². The lowest BCUT2D eigenvalue weighted by molar-refractivity contribution is 0.0595. The molecule has 5 heteroatoms. The van der Waals surface area contributed by atoms with Crippen LogP contribution in [0.1, 0.15) is 10.4 Å². The first-order chi connectivity index (χ1) is 9.15. The summed E-state index contributed by atoms with van der Waals surface area (Å²) < 4.78 is 23.3. The molecule has 1 aromatic carbocycles. The molecule has 0 aliphatic rings. The first-order valence-electron chi connectivity index (χ1n) is 5.54. The minimum atomic E-state index is -0.698. The number of ether oxygens (including phenoxy) is 2. The predicted octanol–water partition coefficient (Wildman–Crippen LogP) is 2.68. The van der Waals surface area contributed by atoms with Crippen molar-refractivity contribution in [1.29, 1.82) is 0 Å². The smallest absolute Gasteiger partial charge is 0.340 e. The van der Waals surface area contributed by atoms with Gasteiger partial charge in [-0.25, -0.2) is 14.2 Å². The first-order valence-corrected chi connectivity index (χ1v) is 5.54. The van der Waals surface area contributed by atoms with Gasteiger partial charge in [0.2, 0.25) is 5.88 Å². The van der Waals surface area contributed by atoms with Crippen molar-refractivity contribution in [1.82, 2.24) is 4.98 Å². The molecule has 0 bridgehead atoms. The van der Waals surface area contributed by atoms with Gasteiger partial charge in [-0.1, -0.05) is 6.07 Å². The highest BCUT2D eigenvalue weighted by Crippen LogP contribution is 2.24. The van der Waals surface area contributed by atoms with Crippen molar-refractivity contribution in [3.63, 3.8) is 0 Å². The number of rotatable bonds is 3. The molecule has 2 aromatic rings. The van der Waals surface area contributed by atoms with Crippen molar-refractivity contribution in [2.75, 3.05) is 14.2 Å². The van der Waals surface area contributed by atoms with E-state index < -0.39 is 11.8 Å². The van der Waals surface area contributed by atoms with Crippen LogP contribution in [0, 0.1) is 5.82 Å². The Morgan fingerprint density at radius 1 is 1.16 bits per heavy atom. The Kier molecular flexibility index (Phi) is 3.75. The van der Waals surface area contributed by atoms with E-state index in [-0.39, 0.29) is 5.56 Å². The Labute approximate surface area is 109 Å². The summed E-state index contributed by atoms with van der Waals surface area (Å²) in [6, 6.07) is 7.73. The third kappa shape index (κ3) is 2.70. The van der Waals surface area contributed by atoms with Crippen LogP contribution in [0.25, 0.3) is 11.1 Å². The number of esters is 1. The molecule has 19 heavy (non-hydrogen) atoms. The number of hydrogen-bond acceptors (Lipinski definition) is 4.